The van der Waals surface area contributed by atoms with E-state index >= 15 is 0 Å². The van der Waals surface area contributed by atoms with Gasteiger partial charge in [-0.15, -0.1) is 11.3 Å². The van der Waals surface area contributed by atoms with Crippen molar-refractivity contribution in [1.82, 2.24) is 10.3 Å². The van der Waals surface area contributed by atoms with Crippen molar-refractivity contribution in [2.75, 3.05) is 13.7 Å². The fourth-order valence-corrected chi connectivity index (χ4v) is 3.20. The molecule has 0 aliphatic carbocycles. The van der Waals surface area contributed by atoms with Gasteiger partial charge in [0.2, 0.25) is 0 Å². The number of pyridine rings is 1. The zero-order valence-electron chi connectivity index (χ0n) is 14.3. The Kier molecular flexibility index (Phi) is 6.42. The van der Waals surface area contributed by atoms with Crippen molar-refractivity contribution in [2.45, 2.75) is 19.6 Å². The van der Waals surface area contributed by atoms with Crippen LogP contribution in [-0.2, 0) is 19.6 Å². The number of hydrogen-bond acceptors (Lipinski definition) is 5. The van der Waals surface area contributed by atoms with Crippen LogP contribution in [0.2, 0.25) is 0 Å². The highest BCUT2D eigenvalue weighted by atomic mass is 32.1. The van der Waals surface area contributed by atoms with Crippen molar-refractivity contribution >= 4 is 11.3 Å². The van der Waals surface area contributed by atoms with E-state index in [4.69, 9.17) is 9.47 Å². The monoisotopic (exact) mass is 354 g/mol. The normalized spacial score (nSPS) is 10.6. The molecule has 0 fully saturated rings. The number of thiophene rings is 1. The molecular weight excluding hydrogens is 332 g/mol. The zero-order chi connectivity index (χ0) is 17.3. The molecule has 0 aliphatic rings. The molecule has 3 rings (SSSR count). The smallest absolute Gasteiger partial charge is 0.161 e. The first-order valence-corrected chi connectivity index (χ1v) is 9.15. The molecule has 5 heteroatoms. The van der Waals surface area contributed by atoms with E-state index in [0.29, 0.717) is 6.61 Å². The topological polar surface area (TPSA) is 43.4 Å². The summed E-state index contributed by atoms with van der Waals surface area (Å²) >= 11 is 1.80. The Morgan fingerprint density at radius 1 is 1.08 bits per heavy atom. The Morgan fingerprint density at radius 2 is 2.04 bits per heavy atom. The molecule has 0 radical (unpaired) electrons. The maximum atomic E-state index is 5.93. The van der Waals surface area contributed by atoms with Crippen LogP contribution in [-0.4, -0.2) is 18.6 Å². The summed E-state index contributed by atoms with van der Waals surface area (Å²) in [6.07, 6.45) is 4.62. The van der Waals surface area contributed by atoms with Crippen molar-refractivity contribution in [3.63, 3.8) is 0 Å². The van der Waals surface area contributed by atoms with E-state index in [2.05, 4.69) is 33.9 Å². The fourth-order valence-electron chi connectivity index (χ4n) is 2.49. The number of benzene rings is 1. The molecule has 0 bridgehead atoms. The summed E-state index contributed by atoms with van der Waals surface area (Å²) in [5, 5.41) is 5.59. The van der Waals surface area contributed by atoms with Gasteiger partial charge in [-0.05, 0) is 41.6 Å². The lowest BCUT2D eigenvalue weighted by Gasteiger charge is -2.13. The average molecular weight is 354 g/mol. The number of aromatic nitrogens is 1. The molecule has 0 saturated heterocycles. The minimum Gasteiger partial charge on any atom is -0.493 e. The van der Waals surface area contributed by atoms with Gasteiger partial charge in [0.15, 0.2) is 11.5 Å². The zero-order valence-corrected chi connectivity index (χ0v) is 15.1. The SMILES string of the molecule is COc1ccc(CNCCc2cccs2)cc1OCc1cccnc1. The summed E-state index contributed by atoms with van der Waals surface area (Å²) in [5.74, 6) is 1.50. The van der Waals surface area contributed by atoms with Crippen molar-refractivity contribution in [3.8, 4) is 11.5 Å². The van der Waals surface area contributed by atoms with Crippen LogP contribution < -0.4 is 14.8 Å². The van der Waals surface area contributed by atoms with E-state index in [1.54, 1.807) is 24.6 Å². The molecule has 0 unspecified atom stereocenters. The van der Waals surface area contributed by atoms with Gasteiger partial charge in [-0.1, -0.05) is 18.2 Å². The van der Waals surface area contributed by atoms with Crippen LogP contribution in [0.5, 0.6) is 11.5 Å². The van der Waals surface area contributed by atoms with Crippen LogP contribution in [0.1, 0.15) is 16.0 Å². The highest BCUT2D eigenvalue weighted by molar-refractivity contribution is 7.09. The second-order valence-corrected chi connectivity index (χ2v) is 6.67. The predicted molar refractivity (Wildman–Crippen MR) is 101 cm³/mol. The Balaban J connectivity index is 1.55. The summed E-state index contributed by atoms with van der Waals surface area (Å²) in [5.41, 5.74) is 2.21. The van der Waals surface area contributed by atoms with Crippen LogP contribution >= 0.6 is 11.3 Å². The number of nitrogens with one attached hydrogen (secondary N) is 1. The fraction of sp³-hybridized carbons (Fsp3) is 0.250. The minimum atomic E-state index is 0.472. The minimum absolute atomic E-state index is 0.472. The van der Waals surface area contributed by atoms with Gasteiger partial charge in [-0.25, -0.2) is 0 Å². The Labute approximate surface area is 152 Å². The lowest BCUT2D eigenvalue weighted by molar-refractivity contribution is 0.284. The van der Waals surface area contributed by atoms with E-state index in [9.17, 15) is 0 Å². The molecule has 0 atom stereocenters. The van der Waals surface area contributed by atoms with E-state index in [0.717, 1.165) is 36.6 Å². The number of rotatable bonds is 9. The second-order valence-electron chi connectivity index (χ2n) is 5.64. The van der Waals surface area contributed by atoms with Crippen LogP contribution in [0.4, 0.5) is 0 Å². The van der Waals surface area contributed by atoms with Gasteiger partial charge in [0.05, 0.1) is 7.11 Å². The maximum Gasteiger partial charge on any atom is 0.161 e. The molecule has 2 heterocycles. The van der Waals surface area contributed by atoms with E-state index in [1.165, 1.54) is 10.4 Å². The van der Waals surface area contributed by atoms with E-state index < -0.39 is 0 Å². The summed E-state index contributed by atoms with van der Waals surface area (Å²) < 4.78 is 11.3. The highest BCUT2D eigenvalue weighted by Crippen LogP contribution is 2.28. The van der Waals surface area contributed by atoms with Gasteiger partial charge in [0.25, 0.3) is 0 Å². The van der Waals surface area contributed by atoms with Gasteiger partial charge in [-0.2, -0.15) is 0 Å². The summed E-state index contributed by atoms with van der Waals surface area (Å²) in [6.45, 7) is 2.23. The number of nitrogens with zero attached hydrogens (tertiary/aromatic N) is 1. The van der Waals surface area contributed by atoms with Gasteiger partial charge < -0.3 is 14.8 Å². The molecule has 2 aromatic heterocycles. The van der Waals surface area contributed by atoms with Gasteiger partial charge >= 0.3 is 0 Å². The van der Waals surface area contributed by atoms with Crippen molar-refractivity contribution in [3.05, 3.63) is 76.2 Å². The standard InChI is InChI=1S/C20H22N2O2S/c1-23-19-7-6-16(13-22-10-8-18-5-3-11-25-18)12-20(19)24-15-17-4-2-9-21-14-17/h2-7,9,11-12,14,22H,8,10,13,15H2,1H3. The van der Waals surface area contributed by atoms with Crippen LogP contribution in [0.3, 0.4) is 0 Å². The van der Waals surface area contributed by atoms with Crippen LogP contribution in [0.15, 0.2) is 60.2 Å². The third-order valence-electron chi connectivity index (χ3n) is 3.80. The maximum absolute atomic E-state index is 5.93. The van der Waals surface area contributed by atoms with Gasteiger partial charge in [0.1, 0.15) is 6.61 Å². The van der Waals surface area contributed by atoms with Crippen molar-refractivity contribution < 1.29 is 9.47 Å². The highest BCUT2D eigenvalue weighted by Gasteiger charge is 2.06. The molecule has 4 nitrogen and oxygen atoms in total. The summed E-state index contributed by atoms with van der Waals surface area (Å²) in [4.78, 5) is 5.51. The summed E-state index contributed by atoms with van der Waals surface area (Å²) in [7, 11) is 1.66. The second kappa shape index (κ2) is 9.20. The predicted octanol–water partition coefficient (Wildman–Crippen LogP) is 4.06. The van der Waals surface area contributed by atoms with E-state index in [-0.39, 0.29) is 0 Å². The van der Waals surface area contributed by atoms with Gasteiger partial charge in [-0.3, -0.25) is 4.98 Å². The third kappa shape index (κ3) is 5.31. The van der Waals surface area contributed by atoms with Crippen molar-refractivity contribution in [1.29, 1.82) is 0 Å². The first-order chi connectivity index (χ1) is 12.3. The number of methoxy groups -OCH3 is 1. The molecule has 1 N–H and O–H groups in total. The third-order valence-corrected chi connectivity index (χ3v) is 4.74. The van der Waals surface area contributed by atoms with Gasteiger partial charge in [0, 0.05) is 35.9 Å². The molecular formula is C20H22N2O2S. The quantitative estimate of drug-likeness (QED) is 0.589. The molecule has 3 aromatic rings. The first-order valence-electron chi connectivity index (χ1n) is 8.27. The lowest BCUT2D eigenvalue weighted by atomic mass is 10.2. The lowest BCUT2D eigenvalue weighted by Crippen LogP contribution is -2.16. The molecule has 0 amide bonds. The average Bonchev–Trinajstić information content (AvgIpc) is 3.18. The number of hydrogen-bond donors (Lipinski definition) is 1. The number of ether oxygens (including phenoxy) is 2. The Hall–Kier alpha value is -2.37. The molecule has 0 spiro atoms. The largest absolute Gasteiger partial charge is 0.493 e. The molecule has 130 valence electrons. The van der Waals surface area contributed by atoms with Crippen molar-refractivity contribution in [2.24, 2.45) is 0 Å². The molecule has 0 aliphatic heterocycles. The Bertz CT molecular complexity index is 761. The molecule has 0 saturated carbocycles. The molecule has 1 aromatic carbocycles. The molecule has 25 heavy (non-hydrogen) atoms. The summed E-state index contributed by atoms with van der Waals surface area (Å²) in [6, 6.07) is 14.2. The first kappa shape index (κ1) is 17.5. The van der Waals surface area contributed by atoms with Crippen LogP contribution in [0.25, 0.3) is 0 Å². The van der Waals surface area contributed by atoms with Crippen LogP contribution in [0, 0.1) is 0 Å². The Morgan fingerprint density at radius 3 is 2.80 bits per heavy atom. The van der Waals surface area contributed by atoms with E-state index in [1.807, 2.05) is 30.5 Å².